The predicted octanol–water partition coefficient (Wildman–Crippen LogP) is 4.36. The van der Waals surface area contributed by atoms with E-state index in [0.29, 0.717) is 18.3 Å². The topological polar surface area (TPSA) is 106 Å². The Morgan fingerprint density at radius 2 is 2.00 bits per heavy atom. The van der Waals surface area contributed by atoms with Gasteiger partial charge in [-0.3, -0.25) is 4.98 Å². The molecule has 3 aromatic heterocycles. The number of nitrogens with zero attached hydrogens (tertiary/aromatic N) is 4. The molecule has 3 N–H and O–H groups in total. The van der Waals surface area contributed by atoms with E-state index in [0.717, 1.165) is 96.0 Å². The summed E-state index contributed by atoms with van der Waals surface area (Å²) in [4.78, 5) is 19.0. The molecular formula is C29H32BrN7O2. The molecule has 0 radical (unpaired) electrons. The van der Waals surface area contributed by atoms with E-state index in [1.54, 1.807) is 6.33 Å². The van der Waals surface area contributed by atoms with Gasteiger partial charge in [0.05, 0.1) is 36.6 Å². The minimum atomic E-state index is -0.131. The lowest BCUT2D eigenvalue weighted by Crippen LogP contribution is -2.41. The molecule has 2 atom stereocenters. The number of morpholine rings is 2. The zero-order valence-electron chi connectivity index (χ0n) is 21.7. The number of benzene rings is 1. The molecular weight excluding hydrogens is 558 g/mol. The Bertz CT molecular complexity index is 1420. The second kappa shape index (κ2) is 12.4. The zero-order valence-corrected chi connectivity index (χ0v) is 23.3. The molecule has 5 heterocycles. The summed E-state index contributed by atoms with van der Waals surface area (Å²) in [6, 6.07) is 14.8. The van der Waals surface area contributed by atoms with Crippen molar-refractivity contribution >= 4 is 32.8 Å². The van der Waals surface area contributed by atoms with E-state index >= 15 is 0 Å². The first kappa shape index (κ1) is 26.2. The SMILES string of the molecule is Brc1cccc(-c2cc(-c3cccnc3C3CNCCO3)nc3ncnc(NCCCC4COCCN4)c23)c1. The quantitative estimate of drug-likeness (QED) is 0.258. The molecule has 0 aliphatic carbocycles. The summed E-state index contributed by atoms with van der Waals surface area (Å²) in [5, 5.41) is 11.4. The van der Waals surface area contributed by atoms with Gasteiger partial charge in [-0.15, -0.1) is 0 Å². The third kappa shape index (κ3) is 6.10. The average Bonchev–Trinajstić information content (AvgIpc) is 3.00. The molecule has 2 saturated heterocycles. The second-order valence-electron chi connectivity index (χ2n) is 9.78. The van der Waals surface area contributed by atoms with Gasteiger partial charge in [0.2, 0.25) is 0 Å². The zero-order chi connectivity index (χ0) is 26.4. The molecule has 39 heavy (non-hydrogen) atoms. The van der Waals surface area contributed by atoms with Crippen molar-refractivity contribution in [3.63, 3.8) is 0 Å². The molecule has 2 unspecified atom stereocenters. The summed E-state index contributed by atoms with van der Waals surface area (Å²) in [5.74, 6) is 0.785. The fourth-order valence-corrected chi connectivity index (χ4v) is 5.61. The first-order valence-electron chi connectivity index (χ1n) is 13.5. The van der Waals surface area contributed by atoms with E-state index in [4.69, 9.17) is 19.4 Å². The normalized spacial score (nSPS) is 19.7. The smallest absolute Gasteiger partial charge is 0.165 e. The Morgan fingerprint density at radius 3 is 2.85 bits per heavy atom. The number of fused-ring (bicyclic) bond motifs is 1. The Balaban J connectivity index is 1.38. The highest BCUT2D eigenvalue weighted by molar-refractivity contribution is 9.10. The van der Waals surface area contributed by atoms with Crippen molar-refractivity contribution in [3.05, 3.63) is 65.2 Å². The molecule has 0 spiro atoms. The van der Waals surface area contributed by atoms with Crippen molar-refractivity contribution in [3.8, 4) is 22.4 Å². The van der Waals surface area contributed by atoms with E-state index in [1.165, 1.54) is 0 Å². The maximum Gasteiger partial charge on any atom is 0.165 e. The summed E-state index contributed by atoms with van der Waals surface area (Å²) in [5.41, 5.74) is 5.34. The highest BCUT2D eigenvalue weighted by Crippen LogP contribution is 2.37. The summed E-state index contributed by atoms with van der Waals surface area (Å²) in [6.07, 6.45) is 5.30. The number of rotatable bonds is 8. The molecule has 2 fully saturated rings. The maximum absolute atomic E-state index is 6.06. The molecule has 9 nitrogen and oxygen atoms in total. The first-order chi connectivity index (χ1) is 19.3. The van der Waals surface area contributed by atoms with Gasteiger partial charge < -0.3 is 25.4 Å². The summed E-state index contributed by atoms with van der Waals surface area (Å²) < 4.78 is 12.7. The van der Waals surface area contributed by atoms with Crippen LogP contribution in [-0.4, -0.2) is 72.0 Å². The van der Waals surface area contributed by atoms with Gasteiger partial charge in [0, 0.05) is 48.5 Å². The molecule has 0 saturated carbocycles. The molecule has 0 amide bonds. The summed E-state index contributed by atoms with van der Waals surface area (Å²) in [6.45, 7) is 5.49. The van der Waals surface area contributed by atoms with Crippen LogP contribution < -0.4 is 16.0 Å². The molecule has 0 bridgehead atoms. The van der Waals surface area contributed by atoms with Crippen molar-refractivity contribution in [1.82, 2.24) is 30.6 Å². The molecule has 4 aromatic rings. The number of hydrogen-bond donors (Lipinski definition) is 3. The van der Waals surface area contributed by atoms with Gasteiger partial charge >= 0.3 is 0 Å². The van der Waals surface area contributed by atoms with Crippen LogP contribution in [0.3, 0.4) is 0 Å². The molecule has 10 heteroatoms. The predicted molar refractivity (Wildman–Crippen MR) is 156 cm³/mol. The van der Waals surface area contributed by atoms with Gasteiger partial charge in [-0.1, -0.05) is 28.1 Å². The molecule has 1 aromatic carbocycles. The standard InChI is InChI=1S/C29H32BrN7O2/c30-20-5-1-4-19(14-20)23-15-24(22-7-3-8-33-27(22)25-16-31-10-13-39-25)37-29-26(23)28(35-18-36-29)34-9-2-6-21-17-38-12-11-32-21/h1,3-5,7-8,14-15,18,21,25,31-32H,2,6,9-13,16-17H2,(H,34,35,36,37). The number of pyridine rings is 2. The van der Waals surface area contributed by atoms with Crippen molar-refractivity contribution < 1.29 is 9.47 Å². The Morgan fingerprint density at radius 1 is 1.03 bits per heavy atom. The third-order valence-electron chi connectivity index (χ3n) is 7.11. The van der Waals surface area contributed by atoms with E-state index in [1.807, 2.05) is 24.4 Å². The lowest BCUT2D eigenvalue weighted by molar-refractivity contribution is 0.0254. The van der Waals surface area contributed by atoms with Gasteiger partial charge in [-0.25, -0.2) is 15.0 Å². The maximum atomic E-state index is 6.06. The van der Waals surface area contributed by atoms with Gasteiger partial charge in [0.1, 0.15) is 18.2 Å². The lowest BCUT2D eigenvalue weighted by Gasteiger charge is -2.25. The van der Waals surface area contributed by atoms with Gasteiger partial charge in [-0.2, -0.15) is 0 Å². The van der Waals surface area contributed by atoms with Crippen LogP contribution >= 0.6 is 15.9 Å². The largest absolute Gasteiger partial charge is 0.379 e. The van der Waals surface area contributed by atoms with E-state index in [-0.39, 0.29) is 6.10 Å². The molecule has 2 aliphatic rings. The molecule has 2 aliphatic heterocycles. The lowest BCUT2D eigenvalue weighted by atomic mass is 9.98. The van der Waals surface area contributed by atoms with Gasteiger partial charge in [0.25, 0.3) is 0 Å². The summed E-state index contributed by atoms with van der Waals surface area (Å²) in [7, 11) is 0. The number of halogens is 1. The number of anilines is 1. The Kier molecular flexibility index (Phi) is 8.36. The highest BCUT2D eigenvalue weighted by atomic mass is 79.9. The minimum absolute atomic E-state index is 0.131. The van der Waals surface area contributed by atoms with Crippen LogP contribution in [0.2, 0.25) is 0 Å². The Hall–Kier alpha value is -3.02. The van der Waals surface area contributed by atoms with E-state index in [9.17, 15) is 0 Å². The number of nitrogens with one attached hydrogen (secondary N) is 3. The van der Waals surface area contributed by atoms with E-state index < -0.39 is 0 Å². The second-order valence-corrected chi connectivity index (χ2v) is 10.7. The molecule has 6 rings (SSSR count). The van der Waals surface area contributed by atoms with Gasteiger partial charge in [0.15, 0.2) is 5.65 Å². The first-order valence-corrected chi connectivity index (χ1v) is 14.3. The van der Waals surface area contributed by atoms with Crippen LogP contribution in [-0.2, 0) is 9.47 Å². The average molecular weight is 591 g/mol. The van der Waals surface area contributed by atoms with Crippen LogP contribution in [0, 0.1) is 0 Å². The fourth-order valence-electron chi connectivity index (χ4n) is 5.21. The Labute approximate surface area is 236 Å². The van der Waals surface area contributed by atoms with Crippen LogP contribution in [0.1, 0.15) is 24.6 Å². The van der Waals surface area contributed by atoms with E-state index in [2.05, 4.69) is 66.1 Å². The van der Waals surface area contributed by atoms with Crippen molar-refractivity contribution in [2.45, 2.75) is 25.0 Å². The van der Waals surface area contributed by atoms with Gasteiger partial charge in [-0.05, 0) is 54.3 Å². The fraction of sp³-hybridized carbons (Fsp3) is 0.379. The number of ether oxygens (including phenoxy) is 2. The van der Waals surface area contributed by atoms with Crippen molar-refractivity contribution in [1.29, 1.82) is 0 Å². The third-order valence-corrected chi connectivity index (χ3v) is 7.60. The molecule has 202 valence electrons. The summed E-state index contributed by atoms with van der Waals surface area (Å²) >= 11 is 3.65. The van der Waals surface area contributed by atoms with Crippen molar-refractivity contribution in [2.75, 3.05) is 51.3 Å². The monoisotopic (exact) mass is 589 g/mol. The van der Waals surface area contributed by atoms with Crippen LogP contribution in [0.25, 0.3) is 33.4 Å². The highest BCUT2D eigenvalue weighted by Gasteiger charge is 2.23. The van der Waals surface area contributed by atoms with Crippen LogP contribution in [0.5, 0.6) is 0 Å². The van der Waals surface area contributed by atoms with Crippen LogP contribution in [0.4, 0.5) is 5.82 Å². The number of aromatic nitrogens is 4. The minimum Gasteiger partial charge on any atom is -0.379 e. The van der Waals surface area contributed by atoms with Crippen molar-refractivity contribution in [2.24, 2.45) is 0 Å². The number of hydrogen-bond acceptors (Lipinski definition) is 9. The van der Waals surface area contributed by atoms with Crippen LogP contribution in [0.15, 0.2) is 59.5 Å².